The lowest BCUT2D eigenvalue weighted by molar-refractivity contribution is -0.991. The van der Waals surface area contributed by atoms with Gasteiger partial charge in [-0.1, -0.05) is 23.7 Å². The summed E-state index contributed by atoms with van der Waals surface area (Å²) < 4.78 is 0. The van der Waals surface area contributed by atoms with E-state index in [0.717, 1.165) is 5.56 Å². The minimum Gasteiger partial charge on any atom is -0.595 e. The molecule has 1 heterocycles. The summed E-state index contributed by atoms with van der Waals surface area (Å²) in [5.41, 5.74) is 1.48. The molecule has 3 rings (SSSR count). The number of aliphatic imine (C=N–C) groups is 1. The Bertz CT molecular complexity index is 925. The molecule has 0 radical (unpaired) electrons. The summed E-state index contributed by atoms with van der Waals surface area (Å²) in [4.78, 5) is 28.5. The van der Waals surface area contributed by atoms with Gasteiger partial charge in [0, 0.05) is 29.4 Å². The predicted molar refractivity (Wildman–Crippen MR) is 101 cm³/mol. The fourth-order valence-electron chi connectivity index (χ4n) is 2.36. The highest BCUT2D eigenvalue weighted by Gasteiger charge is 2.22. The van der Waals surface area contributed by atoms with E-state index in [9.17, 15) is 14.8 Å². The number of quaternary nitrogens is 1. The van der Waals surface area contributed by atoms with E-state index in [1.807, 2.05) is 0 Å². The minimum atomic E-state index is -1.11. The maximum Gasteiger partial charge on any atom is 0.252 e. The maximum absolute atomic E-state index is 12.3. The van der Waals surface area contributed by atoms with Crippen LogP contribution < -0.4 is 15.9 Å². The third-order valence-electron chi connectivity index (χ3n) is 3.74. The zero-order chi connectivity index (χ0) is 19.4. The van der Waals surface area contributed by atoms with Gasteiger partial charge in [-0.05, 0) is 29.8 Å². The van der Waals surface area contributed by atoms with E-state index < -0.39 is 23.1 Å². The van der Waals surface area contributed by atoms with Crippen LogP contribution in [0.15, 0.2) is 53.5 Å². The number of nitrogens with one attached hydrogen (secondary N) is 3. The highest BCUT2D eigenvalue weighted by Crippen LogP contribution is 2.28. The highest BCUT2D eigenvalue weighted by atomic mass is 35.5. The lowest BCUT2D eigenvalue weighted by Crippen LogP contribution is -2.99. The fourth-order valence-corrected chi connectivity index (χ4v) is 2.49. The number of hydrogen-bond donors (Lipinski definition) is 4. The molecule has 2 aromatic rings. The van der Waals surface area contributed by atoms with Gasteiger partial charge in [0.1, 0.15) is 6.04 Å². The molecule has 0 bridgehead atoms. The zero-order valence-corrected chi connectivity index (χ0v) is 14.6. The Morgan fingerprint density at radius 1 is 1.30 bits per heavy atom. The second kappa shape index (κ2) is 8.11. The number of hydrogen-bond acceptors (Lipinski definition) is 5. The van der Waals surface area contributed by atoms with Gasteiger partial charge in [-0.25, -0.2) is 5.21 Å². The second-order valence-electron chi connectivity index (χ2n) is 5.68. The van der Waals surface area contributed by atoms with E-state index in [-0.39, 0.29) is 11.4 Å². The molecule has 0 aliphatic carbocycles. The maximum atomic E-state index is 12.3. The number of halogens is 1. The average molecular weight is 387 g/mol. The van der Waals surface area contributed by atoms with Crippen molar-refractivity contribution in [3.8, 4) is 0 Å². The van der Waals surface area contributed by atoms with Gasteiger partial charge >= 0.3 is 0 Å². The minimum absolute atomic E-state index is 0.0256. The summed E-state index contributed by atoms with van der Waals surface area (Å²) >= 11 is 5.81. The third kappa shape index (κ3) is 4.78. The number of carbonyl (C=O) groups is 2. The van der Waals surface area contributed by atoms with Crippen LogP contribution in [0.2, 0.25) is 5.02 Å². The molecule has 1 aliphatic rings. The van der Waals surface area contributed by atoms with Gasteiger partial charge < -0.3 is 15.8 Å². The van der Waals surface area contributed by atoms with Crippen molar-refractivity contribution in [3.05, 3.63) is 64.3 Å². The van der Waals surface area contributed by atoms with E-state index in [2.05, 4.69) is 15.6 Å². The molecule has 27 heavy (non-hydrogen) atoms. The molecule has 0 spiro atoms. The molecule has 2 atom stereocenters. The molecule has 2 unspecified atom stereocenters. The Morgan fingerprint density at radius 2 is 2.04 bits per heavy atom. The Labute approximate surface area is 159 Å². The molecule has 0 saturated carbocycles. The molecule has 0 saturated heterocycles. The van der Waals surface area contributed by atoms with E-state index in [0.29, 0.717) is 10.7 Å². The number of rotatable bonds is 4. The molecule has 2 amide bonds. The first kappa shape index (κ1) is 18.7. The average Bonchev–Trinajstić information content (AvgIpc) is 2.79. The van der Waals surface area contributed by atoms with Crippen molar-refractivity contribution < 1.29 is 20.0 Å². The summed E-state index contributed by atoms with van der Waals surface area (Å²) in [5.74, 6) is -0.998. The zero-order valence-electron chi connectivity index (χ0n) is 13.8. The fraction of sp³-hybridized carbons (Fsp3) is 0.0556. The van der Waals surface area contributed by atoms with Crippen molar-refractivity contribution in [1.29, 1.82) is 0 Å². The van der Waals surface area contributed by atoms with E-state index in [1.165, 1.54) is 30.5 Å². The van der Waals surface area contributed by atoms with Crippen LogP contribution in [0.4, 0.5) is 17.1 Å². The van der Waals surface area contributed by atoms with Crippen molar-refractivity contribution in [1.82, 2.24) is 5.32 Å². The van der Waals surface area contributed by atoms with Crippen molar-refractivity contribution in [2.24, 2.45) is 4.99 Å². The summed E-state index contributed by atoms with van der Waals surface area (Å²) in [7, 11) is 0. The van der Waals surface area contributed by atoms with Crippen LogP contribution in [-0.2, 0) is 9.59 Å². The van der Waals surface area contributed by atoms with Gasteiger partial charge in [0.25, 0.3) is 5.91 Å². The first-order chi connectivity index (χ1) is 12.9. The molecular weight excluding hydrogens is 372 g/mol. The summed E-state index contributed by atoms with van der Waals surface area (Å²) in [6, 6.07) is 10.1. The first-order valence-corrected chi connectivity index (χ1v) is 8.27. The number of nitrogens with zero attached hydrogens (tertiary/aromatic N) is 1. The summed E-state index contributed by atoms with van der Waals surface area (Å²) in [6.07, 6.45) is 4.19. The van der Waals surface area contributed by atoms with Gasteiger partial charge in [0.15, 0.2) is 5.69 Å². The highest BCUT2D eigenvalue weighted by molar-refractivity contribution is 6.30. The summed E-state index contributed by atoms with van der Waals surface area (Å²) in [6.45, 7) is 0. The van der Waals surface area contributed by atoms with Crippen LogP contribution in [0.5, 0.6) is 0 Å². The van der Waals surface area contributed by atoms with Crippen molar-refractivity contribution in [2.45, 2.75) is 6.04 Å². The van der Waals surface area contributed by atoms with E-state index >= 15 is 0 Å². The smallest absolute Gasteiger partial charge is 0.252 e. The van der Waals surface area contributed by atoms with Gasteiger partial charge in [-0.3, -0.25) is 14.6 Å². The van der Waals surface area contributed by atoms with Gasteiger partial charge in [-0.15, -0.1) is 0 Å². The number of fused-ring (bicyclic) bond motifs is 1. The Kier molecular flexibility index (Phi) is 5.63. The molecule has 2 aromatic carbocycles. The van der Waals surface area contributed by atoms with Crippen LogP contribution in [0.3, 0.4) is 0 Å². The standard InChI is InChI=1S/C18H15ClN4O4/c19-12-4-1-11(2-5-12)3-8-17(24)21-16-10-20-14-7-6-13(23(26)27)9-15(14)22-18(16)25/h1-10,16,23,26H,(H,21,24)(H,22,25)/b8-3+. The van der Waals surface area contributed by atoms with Crippen molar-refractivity contribution in [2.75, 3.05) is 5.32 Å². The molecule has 1 aliphatic heterocycles. The van der Waals surface area contributed by atoms with Crippen LogP contribution in [0.25, 0.3) is 6.08 Å². The first-order valence-electron chi connectivity index (χ1n) is 7.89. The number of anilines is 1. The molecule has 0 fully saturated rings. The van der Waals surface area contributed by atoms with Crippen molar-refractivity contribution >= 4 is 52.8 Å². The normalized spacial score (nSPS) is 17.1. The molecule has 4 N–H and O–H groups in total. The van der Waals surface area contributed by atoms with E-state index in [4.69, 9.17) is 16.8 Å². The van der Waals surface area contributed by atoms with Crippen molar-refractivity contribution in [3.63, 3.8) is 0 Å². The molecule has 8 nitrogen and oxygen atoms in total. The lowest BCUT2D eigenvalue weighted by atomic mass is 10.2. The lowest BCUT2D eigenvalue weighted by Gasteiger charge is -2.14. The monoisotopic (exact) mass is 386 g/mol. The third-order valence-corrected chi connectivity index (χ3v) is 3.99. The van der Waals surface area contributed by atoms with Crippen LogP contribution in [-0.4, -0.2) is 29.3 Å². The topological polar surface area (TPSA) is 118 Å². The Balaban J connectivity index is 1.68. The van der Waals surface area contributed by atoms with Crippen LogP contribution >= 0.6 is 11.6 Å². The number of benzene rings is 2. The quantitative estimate of drug-likeness (QED) is 0.471. The van der Waals surface area contributed by atoms with Gasteiger partial charge in [-0.2, -0.15) is 5.23 Å². The SMILES string of the molecule is O=C(/C=C/c1ccc(Cl)cc1)NC1C=Nc2ccc([NH+]([O-])O)cc2NC1=O. The molecular formula is C18H15ClN4O4. The molecule has 138 valence electrons. The largest absolute Gasteiger partial charge is 0.595 e. The number of amides is 2. The van der Waals surface area contributed by atoms with Crippen LogP contribution in [0, 0.1) is 5.21 Å². The summed E-state index contributed by atoms with van der Waals surface area (Å²) in [5, 5.41) is 24.7. The van der Waals surface area contributed by atoms with Crippen LogP contribution in [0.1, 0.15) is 5.56 Å². The number of carbonyl (C=O) groups excluding carboxylic acids is 2. The Morgan fingerprint density at radius 3 is 2.74 bits per heavy atom. The molecule has 9 heteroatoms. The second-order valence-corrected chi connectivity index (χ2v) is 6.11. The van der Waals surface area contributed by atoms with Gasteiger partial charge in [0.05, 0.1) is 11.4 Å². The van der Waals surface area contributed by atoms with Gasteiger partial charge in [0.2, 0.25) is 5.91 Å². The Hall–Kier alpha value is -3.04. The predicted octanol–water partition coefficient (Wildman–Crippen LogP) is 1.60. The molecule has 0 aromatic heterocycles. The van der Waals surface area contributed by atoms with E-state index in [1.54, 1.807) is 30.3 Å².